The zero-order valence-corrected chi connectivity index (χ0v) is 13.1. The van der Waals surface area contributed by atoms with Gasteiger partial charge >= 0.3 is 0 Å². The molecule has 0 radical (unpaired) electrons. The van der Waals surface area contributed by atoms with Crippen molar-refractivity contribution in [2.75, 3.05) is 7.11 Å². The van der Waals surface area contributed by atoms with Gasteiger partial charge in [0.05, 0.1) is 7.11 Å². The molecule has 0 unspecified atom stereocenters. The summed E-state index contributed by atoms with van der Waals surface area (Å²) in [6.45, 7) is 1.88. The maximum absolute atomic E-state index is 13.9. The van der Waals surface area contributed by atoms with Crippen LogP contribution < -0.4 is 10.1 Å². The molecule has 116 valence electrons. The summed E-state index contributed by atoms with van der Waals surface area (Å²) in [5.41, 5.74) is -0.436. The number of carbonyl (C=O) groups excluding carboxylic acids is 1. The van der Waals surface area contributed by atoms with E-state index in [1.807, 2.05) is 6.92 Å². The number of benzene rings is 1. The van der Waals surface area contributed by atoms with Crippen LogP contribution >= 0.6 is 10.7 Å². The Balaban J connectivity index is 2.41. The van der Waals surface area contributed by atoms with Crippen molar-refractivity contribution >= 4 is 25.6 Å². The fourth-order valence-corrected chi connectivity index (χ4v) is 3.27. The van der Waals surface area contributed by atoms with E-state index in [0.717, 1.165) is 38.5 Å². The number of halogens is 2. The summed E-state index contributed by atoms with van der Waals surface area (Å²) in [4.78, 5) is 11.6. The van der Waals surface area contributed by atoms with E-state index >= 15 is 0 Å². The van der Waals surface area contributed by atoms with Crippen LogP contribution in [0.4, 0.5) is 4.39 Å². The van der Waals surface area contributed by atoms with E-state index in [4.69, 9.17) is 15.4 Å². The molecule has 1 amide bonds. The zero-order chi connectivity index (χ0) is 15.8. The molecular formula is C13H15ClFNO4S. The number of methoxy groups -OCH3 is 1. The van der Waals surface area contributed by atoms with Crippen LogP contribution in [-0.2, 0) is 9.05 Å². The topological polar surface area (TPSA) is 72.5 Å². The molecule has 1 aliphatic rings. The van der Waals surface area contributed by atoms with Crippen molar-refractivity contribution < 1.29 is 22.3 Å². The van der Waals surface area contributed by atoms with E-state index in [1.165, 1.54) is 0 Å². The van der Waals surface area contributed by atoms with E-state index in [9.17, 15) is 17.6 Å². The largest absolute Gasteiger partial charge is 0.492 e. The third-order valence-corrected chi connectivity index (χ3v) is 4.94. The highest BCUT2D eigenvalue weighted by Crippen LogP contribution is 2.33. The Hall–Kier alpha value is -1.34. The number of rotatable bonds is 4. The molecule has 1 aromatic carbocycles. The predicted molar refractivity (Wildman–Crippen MR) is 75.7 cm³/mol. The van der Waals surface area contributed by atoms with Crippen LogP contribution in [0.15, 0.2) is 17.0 Å². The molecule has 0 saturated heterocycles. The summed E-state index contributed by atoms with van der Waals surface area (Å²) in [7, 11) is 2.15. The SMILES string of the molecule is COc1c(F)cc(C(=O)NC2(C)CCC2)cc1S(=O)(=O)Cl. The smallest absolute Gasteiger partial charge is 0.265 e. The van der Waals surface area contributed by atoms with Crippen molar-refractivity contribution in [3.05, 3.63) is 23.5 Å². The molecule has 1 aliphatic carbocycles. The fraction of sp³-hybridized carbons (Fsp3) is 0.462. The van der Waals surface area contributed by atoms with Crippen molar-refractivity contribution in [1.29, 1.82) is 0 Å². The second kappa shape index (κ2) is 5.46. The van der Waals surface area contributed by atoms with Gasteiger partial charge in [-0.25, -0.2) is 12.8 Å². The Kier molecular flexibility index (Phi) is 4.17. The standard InChI is InChI=1S/C13H15ClFNO4S/c1-13(4-3-5-13)16-12(17)8-6-9(15)11(20-2)10(7-8)21(14,18)19/h6-7H,3-5H2,1-2H3,(H,16,17). The normalized spacial score (nSPS) is 17.0. The van der Waals surface area contributed by atoms with Crippen LogP contribution in [0, 0.1) is 5.82 Å². The molecule has 1 saturated carbocycles. The van der Waals surface area contributed by atoms with Crippen molar-refractivity contribution in [2.45, 2.75) is 36.6 Å². The minimum Gasteiger partial charge on any atom is -0.492 e. The van der Waals surface area contributed by atoms with Gasteiger partial charge in [-0.05, 0) is 38.3 Å². The van der Waals surface area contributed by atoms with Gasteiger partial charge in [0.1, 0.15) is 4.90 Å². The monoisotopic (exact) mass is 335 g/mol. The Morgan fingerprint density at radius 1 is 1.43 bits per heavy atom. The van der Waals surface area contributed by atoms with Crippen LogP contribution in [0.2, 0.25) is 0 Å². The van der Waals surface area contributed by atoms with Gasteiger partial charge in [0.25, 0.3) is 15.0 Å². The van der Waals surface area contributed by atoms with Gasteiger partial charge in [0, 0.05) is 21.8 Å². The van der Waals surface area contributed by atoms with Crippen molar-refractivity contribution in [3.8, 4) is 5.75 Å². The molecule has 5 nitrogen and oxygen atoms in total. The van der Waals surface area contributed by atoms with E-state index in [1.54, 1.807) is 0 Å². The minimum atomic E-state index is -4.23. The molecule has 0 bridgehead atoms. The molecule has 1 fully saturated rings. The Labute approximate surface area is 126 Å². The van der Waals surface area contributed by atoms with Crippen molar-refractivity contribution in [3.63, 3.8) is 0 Å². The van der Waals surface area contributed by atoms with Crippen LogP contribution in [0.25, 0.3) is 0 Å². The average molecular weight is 336 g/mol. The van der Waals surface area contributed by atoms with Crippen LogP contribution in [0.1, 0.15) is 36.5 Å². The minimum absolute atomic E-state index is 0.111. The first kappa shape index (κ1) is 16.0. The van der Waals surface area contributed by atoms with Gasteiger partial charge < -0.3 is 10.1 Å². The van der Waals surface area contributed by atoms with Gasteiger partial charge in [-0.3, -0.25) is 4.79 Å². The van der Waals surface area contributed by atoms with E-state index < -0.39 is 31.4 Å². The number of amides is 1. The summed E-state index contributed by atoms with van der Waals surface area (Å²) < 4.78 is 41.6. The number of carbonyl (C=O) groups is 1. The summed E-state index contributed by atoms with van der Waals surface area (Å²) in [5.74, 6) is -2.00. The molecule has 2 rings (SSSR count). The summed E-state index contributed by atoms with van der Waals surface area (Å²) in [6.07, 6.45) is 2.67. The molecule has 0 aliphatic heterocycles. The van der Waals surface area contributed by atoms with E-state index in [-0.39, 0.29) is 11.1 Å². The Morgan fingerprint density at radius 3 is 2.48 bits per heavy atom. The maximum atomic E-state index is 13.9. The molecule has 0 atom stereocenters. The first-order chi connectivity index (χ1) is 9.66. The molecule has 1 N–H and O–H groups in total. The second-order valence-corrected chi connectivity index (χ2v) is 7.83. The van der Waals surface area contributed by atoms with Gasteiger partial charge in [-0.2, -0.15) is 0 Å². The lowest BCUT2D eigenvalue weighted by atomic mass is 9.78. The molecule has 0 heterocycles. The third-order valence-electron chi connectivity index (χ3n) is 3.61. The third kappa shape index (κ3) is 3.29. The van der Waals surface area contributed by atoms with E-state index in [2.05, 4.69) is 5.32 Å². The Morgan fingerprint density at radius 2 is 2.05 bits per heavy atom. The van der Waals surface area contributed by atoms with Crippen LogP contribution in [-0.4, -0.2) is 27.0 Å². The predicted octanol–water partition coefficient (Wildman–Crippen LogP) is 2.43. The number of hydrogen-bond acceptors (Lipinski definition) is 4. The highest BCUT2D eigenvalue weighted by molar-refractivity contribution is 8.13. The zero-order valence-electron chi connectivity index (χ0n) is 11.6. The summed E-state index contributed by atoms with van der Waals surface area (Å²) >= 11 is 0. The first-order valence-electron chi connectivity index (χ1n) is 6.31. The lowest BCUT2D eigenvalue weighted by Crippen LogP contribution is -2.50. The molecule has 1 aromatic rings. The molecule has 0 aromatic heterocycles. The number of hydrogen-bond donors (Lipinski definition) is 1. The maximum Gasteiger partial charge on any atom is 0.265 e. The second-order valence-electron chi connectivity index (χ2n) is 5.30. The first-order valence-corrected chi connectivity index (χ1v) is 8.62. The molecule has 0 spiro atoms. The molecule has 21 heavy (non-hydrogen) atoms. The van der Waals surface area contributed by atoms with Crippen LogP contribution in [0.5, 0.6) is 5.75 Å². The fourth-order valence-electron chi connectivity index (χ4n) is 2.26. The van der Waals surface area contributed by atoms with Gasteiger partial charge in [0.15, 0.2) is 11.6 Å². The number of nitrogens with one attached hydrogen (secondary N) is 1. The van der Waals surface area contributed by atoms with Crippen molar-refractivity contribution in [1.82, 2.24) is 5.32 Å². The quantitative estimate of drug-likeness (QED) is 0.858. The van der Waals surface area contributed by atoms with E-state index in [0.29, 0.717) is 0 Å². The highest BCUT2D eigenvalue weighted by Gasteiger charge is 2.34. The average Bonchev–Trinajstić information content (AvgIpc) is 2.34. The lowest BCUT2D eigenvalue weighted by molar-refractivity contribution is 0.0849. The molecular weight excluding hydrogens is 321 g/mol. The van der Waals surface area contributed by atoms with Crippen molar-refractivity contribution in [2.24, 2.45) is 0 Å². The summed E-state index contributed by atoms with van der Waals surface area (Å²) in [6, 6.07) is 1.95. The highest BCUT2D eigenvalue weighted by atomic mass is 35.7. The Bertz CT molecular complexity index is 686. The van der Waals surface area contributed by atoms with Gasteiger partial charge in [0.2, 0.25) is 0 Å². The van der Waals surface area contributed by atoms with Gasteiger partial charge in [-0.1, -0.05) is 0 Å². The van der Waals surface area contributed by atoms with Gasteiger partial charge in [-0.15, -0.1) is 0 Å². The molecule has 8 heteroatoms. The number of ether oxygens (including phenoxy) is 1. The lowest BCUT2D eigenvalue weighted by Gasteiger charge is -2.39. The summed E-state index contributed by atoms with van der Waals surface area (Å²) in [5, 5.41) is 2.77. The van der Waals surface area contributed by atoms with Crippen LogP contribution in [0.3, 0.4) is 0 Å².